The average molecular weight is 214 g/mol. The number of carboxylic acid groups (broad SMARTS) is 2. The third kappa shape index (κ3) is 11.2. The highest BCUT2D eigenvalue weighted by atomic mass is 32.2. The molecule has 0 aliphatic carbocycles. The smallest absolute Gasteiger partial charge is 0.321 e. The summed E-state index contributed by atoms with van der Waals surface area (Å²) in [5.74, 6) is -2.06. The van der Waals surface area contributed by atoms with Gasteiger partial charge in [0, 0.05) is 5.75 Å². The molecule has 0 radical (unpaired) electrons. The first-order chi connectivity index (χ1) is 5.04. The van der Waals surface area contributed by atoms with E-state index in [0.29, 0.717) is 0 Å². The molecular formula is C5H14N2O5S. The zero-order valence-corrected chi connectivity index (χ0v) is 7.71. The second-order valence-electron chi connectivity index (χ2n) is 1.85. The average Bonchev–Trinajstić information content (AvgIpc) is 1.86. The number of hydrogen-bond donors (Lipinski definition) is 4. The molecule has 0 rings (SSSR count). The van der Waals surface area contributed by atoms with Crippen LogP contribution in [0.5, 0.6) is 0 Å². The molecule has 9 N–H and O–H groups in total. The molecule has 8 heteroatoms. The van der Waals surface area contributed by atoms with Gasteiger partial charge in [0.15, 0.2) is 0 Å². The molecule has 80 valence electrons. The number of carbonyl (C=O) groups is 2. The van der Waals surface area contributed by atoms with Gasteiger partial charge in [-0.1, -0.05) is 0 Å². The lowest BCUT2D eigenvalue weighted by atomic mass is 10.4. The van der Waals surface area contributed by atoms with Gasteiger partial charge in [-0.05, 0) is 0 Å². The summed E-state index contributed by atoms with van der Waals surface area (Å²) in [7, 11) is 0. The van der Waals surface area contributed by atoms with Crippen LogP contribution in [0.4, 0.5) is 0 Å². The first-order valence-electron chi connectivity index (χ1n) is 2.82. The summed E-state index contributed by atoms with van der Waals surface area (Å²) in [5, 5.41) is 16.4. The molecule has 0 saturated heterocycles. The molecule has 0 unspecified atom stereocenters. The molecule has 0 bridgehead atoms. The van der Waals surface area contributed by atoms with Crippen molar-refractivity contribution >= 4 is 23.7 Å². The van der Waals surface area contributed by atoms with E-state index in [1.807, 2.05) is 0 Å². The highest BCUT2D eigenvalue weighted by Gasteiger charge is 2.11. The minimum atomic E-state index is -1.11. The lowest BCUT2D eigenvalue weighted by Gasteiger charge is -2.02. The summed E-state index contributed by atoms with van der Waals surface area (Å²) in [4.78, 5) is 20.0. The Hall–Kier alpha value is -0.830. The molecule has 0 amide bonds. The van der Waals surface area contributed by atoms with Crippen molar-refractivity contribution in [2.75, 3.05) is 11.5 Å². The van der Waals surface area contributed by atoms with Crippen molar-refractivity contribution in [3.63, 3.8) is 0 Å². The maximum atomic E-state index is 10.1. The Morgan fingerprint density at radius 1 is 1.38 bits per heavy atom. The zero-order valence-electron chi connectivity index (χ0n) is 6.90. The normalized spacial score (nSPS) is 10.5. The summed E-state index contributed by atoms with van der Waals surface area (Å²) in [6.45, 7) is 0. The van der Waals surface area contributed by atoms with E-state index in [-0.39, 0.29) is 23.1 Å². The molecule has 0 saturated carbocycles. The fourth-order valence-electron chi connectivity index (χ4n) is 0.344. The highest BCUT2D eigenvalue weighted by Crippen LogP contribution is 2.00. The quantitative estimate of drug-likeness (QED) is 0.434. The van der Waals surface area contributed by atoms with Gasteiger partial charge in [-0.3, -0.25) is 9.59 Å². The van der Waals surface area contributed by atoms with Gasteiger partial charge in [-0.15, -0.1) is 11.8 Å². The van der Waals surface area contributed by atoms with E-state index >= 15 is 0 Å². The topological polar surface area (TPSA) is 167 Å². The third-order valence-corrected chi connectivity index (χ3v) is 1.89. The number of hydrogen-bond acceptors (Lipinski definition) is 5. The van der Waals surface area contributed by atoms with E-state index in [1.165, 1.54) is 0 Å². The third-order valence-electron chi connectivity index (χ3n) is 0.840. The second kappa shape index (κ2) is 9.26. The van der Waals surface area contributed by atoms with Crippen molar-refractivity contribution in [3.8, 4) is 0 Å². The Labute approximate surface area is 79.2 Å². The SMILES string of the molecule is N.N[C@@H](CSCC(=O)O)C(=O)O.O. The molecule has 13 heavy (non-hydrogen) atoms. The van der Waals surface area contributed by atoms with Crippen LogP contribution in [0.1, 0.15) is 0 Å². The molecule has 0 aromatic carbocycles. The molecule has 0 aromatic heterocycles. The minimum Gasteiger partial charge on any atom is -0.481 e. The first kappa shape index (κ1) is 18.1. The Morgan fingerprint density at radius 3 is 2.15 bits per heavy atom. The van der Waals surface area contributed by atoms with Crippen LogP contribution in [0.2, 0.25) is 0 Å². The lowest BCUT2D eigenvalue weighted by molar-refractivity contribution is -0.138. The molecular weight excluding hydrogens is 200 g/mol. The summed E-state index contributed by atoms with van der Waals surface area (Å²) in [5.41, 5.74) is 5.09. The van der Waals surface area contributed by atoms with E-state index < -0.39 is 18.0 Å². The van der Waals surface area contributed by atoms with E-state index in [9.17, 15) is 9.59 Å². The molecule has 0 heterocycles. The van der Waals surface area contributed by atoms with Crippen molar-refractivity contribution < 1.29 is 25.3 Å². The molecule has 0 aliphatic heterocycles. The molecule has 1 atom stereocenters. The van der Waals surface area contributed by atoms with Crippen LogP contribution in [0.15, 0.2) is 0 Å². The maximum absolute atomic E-state index is 10.1. The van der Waals surface area contributed by atoms with Crippen molar-refractivity contribution in [2.45, 2.75) is 6.04 Å². The van der Waals surface area contributed by atoms with E-state index in [4.69, 9.17) is 15.9 Å². The number of nitrogens with two attached hydrogens (primary N) is 1. The molecule has 0 aliphatic rings. The van der Waals surface area contributed by atoms with Gasteiger partial charge in [0.1, 0.15) is 6.04 Å². The van der Waals surface area contributed by atoms with Crippen LogP contribution in [0, 0.1) is 0 Å². The largest absolute Gasteiger partial charge is 0.481 e. The molecule has 0 fully saturated rings. The second-order valence-corrected chi connectivity index (χ2v) is 2.88. The summed E-state index contributed by atoms with van der Waals surface area (Å²) in [6.07, 6.45) is 0. The maximum Gasteiger partial charge on any atom is 0.321 e. The monoisotopic (exact) mass is 214 g/mol. The standard InChI is InChI=1S/C5H9NO4S.H3N.H2O/c6-3(5(9)10)1-11-2-4(7)8;;/h3H,1-2,6H2,(H,7,8)(H,9,10);1H3;1H2/t3-;;/m0../s1. The first-order valence-corrected chi connectivity index (χ1v) is 3.97. The predicted molar refractivity (Wildman–Crippen MR) is 49.2 cm³/mol. The lowest BCUT2D eigenvalue weighted by Crippen LogP contribution is -2.32. The predicted octanol–water partition coefficient (Wildman–Crippen LogP) is -1.45. The van der Waals surface area contributed by atoms with Crippen molar-refractivity contribution in [2.24, 2.45) is 5.73 Å². The summed E-state index contributed by atoms with van der Waals surface area (Å²) in [6, 6.07) is -0.973. The van der Waals surface area contributed by atoms with Gasteiger partial charge < -0.3 is 27.6 Å². The van der Waals surface area contributed by atoms with Crippen LogP contribution in [0.25, 0.3) is 0 Å². The van der Waals surface area contributed by atoms with Gasteiger partial charge in [-0.2, -0.15) is 0 Å². The number of aliphatic carboxylic acids is 2. The number of carboxylic acids is 2. The van der Waals surface area contributed by atoms with Gasteiger partial charge in [0.2, 0.25) is 0 Å². The highest BCUT2D eigenvalue weighted by molar-refractivity contribution is 8.00. The summed E-state index contributed by atoms with van der Waals surface area (Å²) < 4.78 is 0. The van der Waals surface area contributed by atoms with Crippen LogP contribution in [0.3, 0.4) is 0 Å². The molecule has 0 spiro atoms. The Morgan fingerprint density at radius 2 is 1.85 bits per heavy atom. The fourth-order valence-corrected chi connectivity index (χ4v) is 1.03. The summed E-state index contributed by atoms with van der Waals surface area (Å²) >= 11 is 0.992. The van der Waals surface area contributed by atoms with Crippen LogP contribution >= 0.6 is 11.8 Å². The van der Waals surface area contributed by atoms with Gasteiger partial charge in [0.05, 0.1) is 5.75 Å². The van der Waals surface area contributed by atoms with E-state index in [2.05, 4.69) is 0 Å². The van der Waals surface area contributed by atoms with Crippen molar-refractivity contribution in [1.29, 1.82) is 0 Å². The van der Waals surface area contributed by atoms with Crippen molar-refractivity contribution in [3.05, 3.63) is 0 Å². The Bertz CT molecular complexity index is 165. The van der Waals surface area contributed by atoms with Crippen LogP contribution in [-0.2, 0) is 9.59 Å². The number of thioether (sulfide) groups is 1. The van der Waals surface area contributed by atoms with Crippen molar-refractivity contribution in [1.82, 2.24) is 6.15 Å². The van der Waals surface area contributed by atoms with Gasteiger partial charge in [-0.25, -0.2) is 0 Å². The van der Waals surface area contributed by atoms with Crippen LogP contribution < -0.4 is 11.9 Å². The fraction of sp³-hybridized carbons (Fsp3) is 0.600. The van der Waals surface area contributed by atoms with E-state index in [1.54, 1.807) is 0 Å². The minimum absolute atomic E-state index is 0. The molecule has 7 nitrogen and oxygen atoms in total. The van der Waals surface area contributed by atoms with Gasteiger partial charge >= 0.3 is 11.9 Å². The number of rotatable bonds is 5. The molecule has 0 aromatic rings. The Balaban J connectivity index is -0.000000500. The van der Waals surface area contributed by atoms with Gasteiger partial charge in [0.25, 0.3) is 0 Å². The Kier molecular flexibility index (Phi) is 12.9. The van der Waals surface area contributed by atoms with Crippen LogP contribution in [-0.4, -0.2) is 45.2 Å². The van der Waals surface area contributed by atoms with E-state index in [0.717, 1.165) is 11.8 Å². The zero-order chi connectivity index (χ0) is 8.85.